The number of rotatable bonds is 7. The van der Waals surface area contributed by atoms with Crippen molar-refractivity contribution in [1.82, 2.24) is 0 Å². The molecule has 3 fully saturated rings. The van der Waals surface area contributed by atoms with Gasteiger partial charge in [0.1, 0.15) is 61.5 Å². The number of hydrogen-bond acceptors (Lipinski definition) is 16. The van der Waals surface area contributed by atoms with E-state index < -0.39 is 104 Å². The minimum atomic E-state index is -1.55. The van der Waals surface area contributed by atoms with Crippen LogP contribution in [-0.2, 0) is 23.7 Å². The van der Waals surface area contributed by atoms with Crippen LogP contribution in [0.3, 0.4) is 0 Å². The van der Waals surface area contributed by atoms with Crippen LogP contribution in [0.2, 0.25) is 0 Å². The Morgan fingerprint density at radius 3 is 1.86 bits per heavy atom. The number of carbonyl (C=O) groups is 1. The molecule has 17 N–H and O–H groups in total. The molecular formula is C19H38N6O11. The van der Waals surface area contributed by atoms with Crippen LogP contribution < -0.4 is 34.4 Å². The topological polar surface area (TPSA) is 320 Å². The number of hydrogen-bond donors (Lipinski definition) is 11. The molecule has 0 aromatic carbocycles. The molecule has 0 unspecified atom stereocenters. The number of amides is 1. The highest BCUT2D eigenvalue weighted by Crippen LogP contribution is 2.31. The highest BCUT2D eigenvalue weighted by atomic mass is 16.7. The Kier molecular flexibility index (Phi) is 9.80. The summed E-state index contributed by atoms with van der Waals surface area (Å²) in [6.45, 7) is -0.607. The van der Waals surface area contributed by atoms with Crippen molar-refractivity contribution >= 4 is 6.09 Å². The first-order chi connectivity index (χ1) is 16.9. The first-order valence-corrected chi connectivity index (χ1v) is 11.5. The van der Waals surface area contributed by atoms with Crippen molar-refractivity contribution in [2.24, 2.45) is 34.4 Å². The van der Waals surface area contributed by atoms with Gasteiger partial charge in [-0.3, -0.25) is 0 Å². The maximum absolute atomic E-state index is 11.1. The van der Waals surface area contributed by atoms with Gasteiger partial charge >= 0.3 is 6.09 Å². The summed E-state index contributed by atoms with van der Waals surface area (Å²) in [5.41, 5.74) is 34.6. The van der Waals surface area contributed by atoms with Gasteiger partial charge in [0.05, 0.1) is 12.1 Å². The first kappa shape index (κ1) is 29.3. The Hall–Kier alpha value is -1.29. The Bertz CT molecular complexity index is 740. The number of primary amides is 1. The van der Waals surface area contributed by atoms with Gasteiger partial charge in [-0.15, -0.1) is 0 Å². The minimum Gasteiger partial charge on any atom is -0.447 e. The van der Waals surface area contributed by atoms with Crippen LogP contribution >= 0.6 is 0 Å². The lowest BCUT2D eigenvalue weighted by atomic mass is 9.84. The fraction of sp³-hybridized carbons (Fsp3) is 0.947. The Morgan fingerprint density at radius 2 is 1.31 bits per heavy atom. The van der Waals surface area contributed by atoms with E-state index >= 15 is 0 Å². The van der Waals surface area contributed by atoms with E-state index in [9.17, 15) is 30.3 Å². The van der Waals surface area contributed by atoms with E-state index in [-0.39, 0.29) is 13.0 Å². The Balaban J connectivity index is 1.72. The second-order valence-corrected chi connectivity index (χ2v) is 9.32. The predicted octanol–water partition coefficient (Wildman–Crippen LogP) is -7.22. The standard InChI is InChI=1S/C19H38N6O11/c20-2-6-11(27)12(28)9(24)17(33-6)35-15-4(21)1-5(22)16(14(15)30)36-18-13(29)8(23)10(26)7(34-18)3-32-19(25)31/h4-18,26-30H,1-3,20-24H2,(H2,25,31)/t4-,5+,6+,7+,8-,9-,10+,11-,12-,13+,14-,15+,16-,17-,18+/m0/s1. The van der Waals surface area contributed by atoms with Crippen molar-refractivity contribution < 1.29 is 54.0 Å². The van der Waals surface area contributed by atoms with E-state index in [2.05, 4.69) is 4.74 Å². The number of nitrogens with two attached hydrogens (primary N) is 6. The first-order valence-electron chi connectivity index (χ1n) is 11.5. The van der Waals surface area contributed by atoms with Crippen LogP contribution in [0.25, 0.3) is 0 Å². The average Bonchev–Trinajstić information content (AvgIpc) is 2.83. The molecule has 2 aliphatic heterocycles. The maximum atomic E-state index is 11.1. The quantitative estimate of drug-likeness (QED) is 0.147. The van der Waals surface area contributed by atoms with Crippen molar-refractivity contribution in [3.63, 3.8) is 0 Å². The van der Waals surface area contributed by atoms with Crippen molar-refractivity contribution in [1.29, 1.82) is 0 Å². The SMILES string of the molecule is NC[C@H]1O[C@@H](O[C@H]2[C@H](O)[C@@H](O[C@H]3O[C@H](COC(N)=O)[C@@H](O)[C@H](N)[C@H]3O)[C@H](N)C[C@@H]2N)[C@@H](N)[C@H](O)[C@H]1O. The summed E-state index contributed by atoms with van der Waals surface area (Å²) in [7, 11) is 0. The van der Waals surface area contributed by atoms with Crippen LogP contribution in [0.15, 0.2) is 0 Å². The molecule has 17 nitrogen and oxygen atoms in total. The summed E-state index contributed by atoms with van der Waals surface area (Å²) in [6.07, 6.45) is -15.6. The molecule has 0 radical (unpaired) electrons. The third kappa shape index (κ3) is 6.05. The summed E-state index contributed by atoms with van der Waals surface area (Å²) < 4.78 is 27.3. The normalized spacial score (nSPS) is 50.0. The van der Waals surface area contributed by atoms with Crippen LogP contribution in [0.4, 0.5) is 4.79 Å². The molecular weight excluding hydrogens is 488 g/mol. The van der Waals surface area contributed by atoms with Crippen molar-refractivity contribution in [3.05, 3.63) is 0 Å². The van der Waals surface area contributed by atoms with E-state index in [1.165, 1.54) is 0 Å². The lowest BCUT2D eigenvalue weighted by Gasteiger charge is -2.48. The second-order valence-electron chi connectivity index (χ2n) is 9.32. The smallest absolute Gasteiger partial charge is 0.404 e. The van der Waals surface area contributed by atoms with Crippen LogP contribution in [0.5, 0.6) is 0 Å². The fourth-order valence-electron chi connectivity index (χ4n) is 4.60. The zero-order chi connectivity index (χ0) is 26.9. The molecule has 3 aliphatic rings. The average molecular weight is 527 g/mol. The minimum absolute atomic E-state index is 0.0888. The molecule has 15 atom stereocenters. The third-order valence-corrected chi connectivity index (χ3v) is 6.77. The number of ether oxygens (including phenoxy) is 5. The molecule has 0 spiro atoms. The van der Waals surface area contributed by atoms with Crippen LogP contribution in [0, 0.1) is 0 Å². The molecule has 210 valence electrons. The highest BCUT2D eigenvalue weighted by molar-refractivity contribution is 5.64. The van der Waals surface area contributed by atoms with E-state index in [1.54, 1.807) is 0 Å². The van der Waals surface area contributed by atoms with Crippen molar-refractivity contribution in [2.45, 2.75) is 98.1 Å². The zero-order valence-electron chi connectivity index (χ0n) is 19.4. The molecule has 0 bridgehead atoms. The highest BCUT2D eigenvalue weighted by Gasteiger charge is 2.51. The molecule has 1 aliphatic carbocycles. The monoisotopic (exact) mass is 526 g/mol. The third-order valence-electron chi connectivity index (χ3n) is 6.77. The van der Waals surface area contributed by atoms with Gasteiger partial charge in [0.2, 0.25) is 0 Å². The molecule has 2 heterocycles. The van der Waals surface area contributed by atoms with Crippen LogP contribution in [0.1, 0.15) is 6.42 Å². The van der Waals surface area contributed by atoms with Gasteiger partial charge in [-0.2, -0.15) is 0 Å². The summed E-state index contributed by atoms with van der Waals surface area (Å²) >= 11 is 0. The number of carbonyl (C=O) groups excluding carboxylic acids is 1. The molecule has 0 aromatic rings. The summed E-state index contributed by atoms with van der Waals surface area (Å²) in [5.74, 6) is 0. The van der Waals surface area contributed by atoms with Crippen LogP contribution in [-0.4, -0.2) is 136 Å². The number of aliphatic hydroxyl groups excluding tert-OH is 5. The Morgan fingerprint density at radius 1 is 0.750 bits per heavy atom. The lowest BCUT2D eigenvalue weighted by Crippen LogP contribution is -2.69. The van der Waals surface area contributed by atoms with Gasteiger partial charge in [-0.1, -0.05) is 0 Å². The van der Waals surface area contributed by atoms with Gasteiger partial charge < -0.3 is 83.6 Å². The molecule has 3 rings (SSSR count). The lowest BCUT2D eigenvalue weighted by molar-refractivity contribution is -0.318. The van der Waals surface area contributed by atoms with Crippen molar-refractivity contribution in [3.8, 4) is 0 Å². The molecule has 1 amide bonds. The van der Waals surface area contributed by atoms with E-state index in [1.807, 2.05) is 0 Å². The largest absolute Gasteiger partial charge is 0.447 e. The van der Waals surface area contributed by atoms with Crippen molar-refractivity contribution in [2.75, 3.05) is 13.2 Å². The van der Waals surface area contributed by atoms with Gasteiger partial charge in [0.15, 0.2) is 12.6 Å². The van der Waals surface area contributed by atoms with E-state index in [4.69, 9.17) is 53.3 Å². The second kappa shape index (κ2) is 12.0. The van der Waals surface area contributed by atoms with Gasteiger partial charge in [-0.25, -0.2) is 4.79 Å². The van der Waals surface area contributed by atoms with Gasteiger partial charge in [-0.05, 0) is 6.42 Å². The molecule has 0 aromatic heterocycles. The van der Waals surface area contributed by atoms with E-state index in [0.29, 0.717) is 0 Å². The van der Waals surface area contributed by atoms with Gasteiger partial charge in [0.25, 0.3) is 0 Å². The Labute approximate surface area is 206 Å². The molecule has 36 heavy (non-hydrogen) atoms. The van der Waals surface area contributed by atoms with E-state index in [0.717, 1.165) is 0 Å². The zero-order valence-corrected chi connectivity index (χ0v) is 19.4. The summed E-state index contributed by atoms with van der Waals surface area (Å²) in [5, 5.41) is 52.0. The molecule has 1 saturated carbocycles. The number of aliphatic hydroxyl groups is 5. The molecule has 2 saturated heterocycles. The molecule has 17 heteroatoms. The maximum Gasteiger partial charge on any atom is 0.404 e. The van der Waals surface area contributed by atoms with Gasteiger partial charge in [0, 0.05) is 18.6 Å². The fourth-order valence-corrected chi connectivity index (χ4v) is 4.60. The summed E-state index contributed by atoms with van der Waals surface area (Å²) in [6, 6.07) is -4.11. The summed E-state index contributed by atoms with van der Waals surface area (Å²) in [4.78, 5) is 10.9. The predicted molar refractivity (Wildman–Crippen MR) is 118 cm³/mol.